The Hall–Kier alpha value is -1.18. The minimum atomic E-state index is -0.138. The second-order valence-electron chi connectivity index (χ2n) is 5.87. The van der Waals surface area contributed by atoms with Gasteiger partial charge in [0.05, 0.1) is 21.3 Å². The van der Waals surface area contributed by atoms with Crippen molar-refractivity contribution in [2.45, 2.75) is 30.9 Å². The van der Waals surface area contributed by atoms with E-state index >= 15 is 0 Å². The quantitative estimate of drug-likeness (QED) is 0.777. The fourth-order valence-electron chi connectivity index (χ4n) is 2.49. The molecule has 4 nitrogen and oxygen atoms in total. The van der Waals surface area contributed by atoms with Gasteiger partial charge in [-0.1, -0.05) is 12.1 Å². The van der Waals surface area contributed by atoms with E-state index < -0.39 is 0 Å². The maximum absolute atomic E-state index is 12.1. The van der Waals surface area contributed by atoms with E-state index in [1.807, 2.05) is 54.9 Å². The Morgan fingerprint density at radius 2 is 2.04 bits per heavy atom. The summed E-state index contributed by atoms with van der Waals surface area (Å²) >= 11 is 5.59. The molecule has 0 bridgehead atoms. The molecule has 1 unspecified atom stereocenters. The largest absolute Gasteiger partial charge is 0.484 e. The van der Waals surface area contributed by atoms with Crippen LogP contribution >= 0.6 is 34.9 Å². The number of carbonyl (C=O) groups is 1. The average molecular weight is 395 g/mol. The first kappa shape index (κ1) is 18.6. The number of nitrogens with one attached hydrogen (secondary N) is 1. The smallest absolute Gasteiger partial charge is 0.258 e. The third-order valence-corrected chi connectivity index (χ3v) is 7.61. The average Bonchev–Trinajstić information content (AvgIpc) is 3.08. The van der Waals surface area contributed by atoms with Crippen LogP contribution in [0.15, 0.2) is 29.6 Å². The maximum Gasteiger partial charge on any atom is 0.258 e. The third-order valence-electron chi connectivity index (χ3n) is 3.81. The van der Waals surface area contributed by atoms with E-state index in [1.54, 1.807) is 11.3 Å². The molecule has 1 aromatic heterocycles. The fraction of sp³-hybridized carbons (Fsp3) is 0.444. The highest BCUT2D eigenvalue weighted by Crippen LogP contribution is 2.43. The molecule has 0 spiro atoms. The van der Waals surface area contributed by atoms with Crippen LogP contribution < -0.4 is 10.1 Å². The van der Waals surface area contributed by atoms with Gasteiger partial charge in [-0.15, -0.1) is 34.9 Å². The van der Waals surface area contributed by atoms with Gasteiger partial charge in [-0.3, -0.25) is 4.79 Å². The predicted molar refractivity (Wildman–Crippen MR) is 108 cm³/mol. The van der Waals surface area contributed by atoms with Crippen molar-refractivity contribution in [2.24, 2.45) is 0 Å². The molecule has 0 radical (unpaired) electrons. The lowest BCUT2D eigenvalue weighted by atomic mass is 10.2. The summed E-state index contributed by atoms with van der Waals surface area (Å²) in [4.78, 5) is 16.4. The van der Waals surface area contributed by atoms with Crippen LogP contribution in [0.25, 0.3) is 0 Å². The van der Waals surface area contributed by atoms with Crippen molar-refractivity contribution in [2.75, 3.05) is 18.1 Å². The first-order valence-electron chi connectivity index (χ1n) is 8.29. The number of aryl methyl sites for hydroxylation is 1. The van der Waals surface area contributed by atoms with Crippen molar-refractivity contribution in [1.82, 2.24) is 10.3 Å². The number of carbonyl (C=O) groups excluding carboxylic acids is 1. The number of hydrogen-bond acceptors (Lipinski definition) is 6. The molecular weight excluding hydrogens is 372 g/mol. The highest BCUT2D eigenvalue weighted by molar-refractivity contribution is 8.16. The highest BCUT2D eigenvalue weighted by Gasteiger charge is 2.16. The minimum absolute atomic E-state index is 0.0136. The standard InChI is InChI=1S/C18H22N2O2S3/c1-12(16-11-25-13(2)20-16)19-17(21)10-22-15-6-4-14(5-7-15)18-23-8-3-9-24-18/h4-7,11-12,18H,3,8-10H2,1-2H3,(H,19,21). The van der Waals surface area contributed by atoms with E-state index in [0.717, 1.165) is 16.5 Å². The molecule has 25 heavy (non-hydrogen) atoms. The monoisotopic (exact) mass is 394 g/mol. The van der Waals surface area contributed by atoms with Crippen LogP contribution in [0, 0.1) is 6.92 Å². The van der Waals surface area contributed by atoms with E-state index in [1.165, 1.54) is 23.5 Å². The van der Waals surface area contributed by atoms with E-state index in [2.05, 4.69) is 22.4 Å². The fourth-order valence-corrected chi connectivity index (χ4v) is 6.09. The molecule has 1 N–H and O–H groups in total. The number of benzene rings is 1. The number of amides is 1. The molecular formula is C18H22N2O2S3. The molecule has 2 aromatic rings. The Balaban J connectivity index is 1.46. The summed E-state index contributed by atoms with van der Waals surface area (Å²) in [6.45, 7) is 3.90. The van der Waals surface area contributed by atoms with Gasteiger partial charge in [0.1, 0.15) is 5.75 Å². The molecule has 0 aliphatic carbocycles. The molecule has 1 aliphatic rings. The lowest BCUT2D eigenvalue weighted by Gasteiger charge is -2.21. The summed E-state index contributed by atoms with van der Waals surface area (Å²) < 4.78 is 6.13. The number of hydrogen-bond donors (Lipinski definition) is 1. The second-order valence-corrected chi connectivity index (χ2v) is 9.65. The molecule has 7 heteroatoms. The highest BCUT2D eigenvalue weighted by atomic mass is 32.2. The zero-order valence-corrected chi connectivity index (χ0v) is 16.8. The van der Waals surface area contributed by atoms with Crippen molar-refractivity contribution in [3.8, 4) is 5.75 Å². The van der Waals surface area contributed by atoms with Crippen molar-refractivity contribution in [3.63, 3.8) is 0 Å². The van der Waals surface area contributed by atoms with Crippen LogP contribution in [0.2, 0.25) is 0 Å². The molecule has 2 heterocycles. The Bertz CT molecular complexity index is 697. The number of thiazole rings is 1. The van der Waals surface area contributed by atoms with Crippen molar-refractivity contribution in [3.05, 3.63) is 45.9 Å². The minimum Gasteiger partial charge on any atom is -0.484 e. The molecule has 0 saturated carbocycles. The third kappa shape index (κ3) is 5.39. The lowest BCUT2D eigenvalue weighted by Crippen LogP contribution is -2.31. The Morgan fingerprint density at radius 1 is 1.32 bits per heavy atom. The Morgan fingerprint density at radius 3 is 2.68 bits per heavy atom. The number of ether oxygens (including phenoxy) is 1. The van der Waals surface area contributed by atoms with E-state index in [-0.39, 0.29) is 18.6 Å². The number of aromatic nitrogens is 1. The van der Waals surface area contributed by atoms with Gasteiger partial charge in [-0.25, -0.2) is 4.98 Å². The van der Waals surface area contributed by atoms with E-state index in [9.17, 15) is 4.79 Å². The van der Waals surface area contributed by atoms with Crippen LogP contribution in [-0.4, -0.2) is 29.0 Å². The SMILES string of the molecule is Cc1nc(C(C)NC(=O)COc2ccc(C3SCCCS3)cc2)cs1. The van der Waals surface area contributed by atoms with Gasteiger partial charge in [0.2, 0.25) is 0 Å². The Labute approximate surface area is 161 Å². The molecule has 1 amide bonds. The van der Waals surface area contributed by atoms with E-state index in [4.69, 9.17) is 4.74 Å². The van der Waals surface area contributed by atoms with Gasteiger partial charge in [0, 0.05) is 5.38 Å². The van der Waals surface area contributed by atoms with Crippen LogP contribution in [-0.2, 0) is 4.79 Å². The first-order chi connectivity index (χ1) is 12.1. The zero-order chi connectivity index (χ0) is 17.6. The van der Waals surface area contributed by atoms with Crippen LogP contribution in [0.3, 0.4) is 0 Å². The summed E-state index contributed by atoms with van der Waals surface area (Å²) in [5.41, 5.74) is 2.21. The molecule has 1 saturated heterocycles. The summed E-state index contributed by atoms with van der Waals surface area (Å²) in [7, 11) is 0. The Kier molecular flexibility index (Phi) is 6.67. The zero-order valence-electron chi connectivity index (χ0n) is 14.4. The van der Waals surface area contributed by atoms with Crippen molar-refractivity contribution in [1.29, 1.82) is 0 Å². The summed E-state index contributed by atoms with van der Waals surface area (Å²) in [6, 6.07) is 7.99. The molecule has 1 atom stereocenters. The topological polar surface area (TPSA) is 51.2 Å². The molecule has 3 rings (SSSR count). The second kappa shape index (κ2) is 8.96. The predicted octanol–water partition coefficient (Wildman–Crippen LogP) is 4.58. The molecule has 1 aromatic carbocycles. The van der Waals surface area contributed by atoms with Gasteiger partial charge in [0.25, 0.3) is 5.91 Å². The van der Waals surface area contributed by atoms with Crippen LogP contribution in [0.5, 0.6) is 5.75 Å². The van der Waals surface area contributed by atoms with Gasteiger partial charge in [0.15, 0.2) is 6.61 Å². The first-order valence-corrected chi connectivity index (χ1v) is 11.3. The van der Waals surface area contributed by atoms with Gasteiger partial charge < -0.3 is 10.1 Å². The molecule has 134 valence electrons. The van der Waals surface area contributed by atoms with Gasteiger partial charge in [-0.05, 0) is 49.5 Å². The normalized spacial score (nSPS) is 16.4. The number of thioether (sulfide) groups is 2. The molecule has 1 aliphatic heterocycles. The lowest BCUT2D eigenvalue weighted by molar-refractivity contribution is -0.123. The number of nitrogens with zero attached hydrogens (tertiary/aromatic N) is 1. The van der Waals surface area contributed by atoms with Crippen molar-refractivity contribution >= 4 is 40.8 Å². The summed E-state index contributed by atoms with van der Waals surface area (Å²) in [5.74, 6) is 3.04. The van der Waals surface area contributed by atoms with Crippen LogP contribution in [0.4, 0.5) is 0 Å². The van der Waals surface area contributed by atoms with Gasteiger partial charge >= 0.3 is 0 Å². The summed E-state index contributed by atoms with van der Waals surface area (Å²) in [5, 5.41) is 5.89. The maximum atomic E-state index is 12.1. The number of rotatable bonds is 6. The summed E-state index contributed by atoms with van der Waals surface area (Å²) in [6.07, 6.45) is 1.29. The van der Waals surface area contributed by atoms with E-state index in [0.29, 0.717) is 4.58 Å². The van der Waals surface area contributed by atoms with Crippen LogP contribution in [0.1, 0.15) is 40.2 Å². The van der Waals surface area contributed by atoms with Gasteiger partial charge in [-0.2, -0.15) is 0 Å². The molecule has 1 fully saturated rings. The van der Waals surface area contributed by atoms with Crippen molar-refractivity contribution < 1.29 is 9.53 Å².